The summed E-state index contributed by atoms with van der Waals surface area (Å²) in [6.07, 6.45) is 1.02. The molecular formula is C15H22N2. The van der Waals surface area contributed by atoms with Gasteiger partial charge in [-0.3, -0.25) is 0 Å². The molecule has 0 bridgehead atoms. The fourth-order valence-electron chi connectivity index (χ4n) is 1.92. The number of anilines is 1. The second-order valence-corrected chi connectivity index (χ2v) is 4.82. The zero-order chi connectivity index (χ0) is 12.8. The van der Waals surface area contributed by atoms with Crippen LogP contribution in [0, 0.1) is 30.1 Å². The van der Waals surface area contributed by atoms with Gasteiger partial charge in [0.2, 0.25) is 0 Å². The van der Waals surface area contributed by atoms with Gasteiger partial charge in [-0.25, -0.2) is 0 Å². The number of para-hydroxylation sites is 1. The van der Waals surface area contributed by atoms with Crippen LogP contribution in [-0.4, -0.2) is 6.54 Å². The highest BCUT2D eigenvalue weighted by atomic mass is 14.9. The van der Waals surface area contributed by atoms with Gasteiger partial charge in [-0.15, -0.1) is 0 Å². The Morgan fingerprint density at radius 3 is 2.59 bits per heavy atom. The standard InChI is InChI=1S/C15H22N2/c1-5-13-8-6-7-12(4)15(13)17-10-14(9-16)11(2)3/h6-8,11,14,17H,5,10H2,1-4H3. The molecule has 0 amide bonds. The second kappa shape index (κ2) is 6.30. The fraction of sp³-hybridized carbons (Fsp3) is 0.533. The van der Waals surface area contributed by atoms with Crippen LogP contribution in [0.2, 0.25) is 0 Å². The van der Waals surface area contributed by atoms with Crippen LogP contribution in [0.4, 0.5) is 5.69 Å². The van der Waals surface area contributed by atoms with Crippen LogP contribution in [0.1, 0.15) is 31.9 Å². The molecule has 1 aromatic carbocycles. The number of hydrogen-bond acceptors (Lipinski definition) is 2. The molecule has 2 nitrogen and oxygen atoms in total. The SMILES string of the molecule is CCc1cccc(C)c1NCC(C#N)C(C)C. The van der Waals surface area contributed by atoms with Gasteiger partial charge < -0.3 is 5.32 Å². The minimum atomic E-state index is 0.0688. The Labute approximate surface area is 105 Å². The molecular weight excluding hydrogens is 208 g/mol. The first-order chi connectivity index (χ1) is 8.10. The zero-order valence-electron chi connectivity index (χ0n) is 11.2. The highest BCUT2D eigenvalue weighted by Crippen LogP contribution is 2.22. The molecule has 0 aliphatic heterocycles. The van der Waals surface area contributed by atoms with Crippen LogP contribution >= 0.6 is 0 Å². The topological polar surface area (TPSA) is 35.8 Å². The number of nitriles is 1. The van der Waals surface area contributed by atoms with Gasteiger partial charge >= 0.3 is 0 Å². The molecule has 0 aliphatic rings. The van der Waals surface area contributed by atoms with Crippen molar-refractivity contribution in [3.63, 3.8) is 0 Å². The molecule has 1 aromatic rings. The average Bonchev–Trinajstić information content (AvgIpc) is 2.31. The van der Waals surface area contributed by atoms with E-state index in [1.165, 1.54) is 16.8 Å². The fourth-order valence-corrected chi connectivity index (χ4v) is 1.92. The molecule has 1 rings (SSSR count). The summed E-state index contributed by atoms with van der Waals surface area (Å²) in [4.78, 5) is 0. The van der Waals surface area contributed by atoms with Crippen molar-refractivity contribution in [1.82, 2.24) is 0 Å². The third-order valence-corrected chi connectivity index (χ3v) is 3.21. The maximum atomic E-state index is 9.08. The number of benzene rings is 1. The number of rotatable bonds is 5. The first-order valence-electron chi connectivity index (χ1n) is 6.32. The van der Waals surface area contributed by atoms with Crippen LogP contribution in [0.25, 0.3) is 0 Å². The molecule has 1 atom stereocenters. The molecule has 0 saturated carbocycles. The van der Waals surface area contributed by atoms with Gasteiger partial charge in [0, 0.05) is 12.2 Å². The second-order valence-electron chi connectivity index (χ2n) is 4.82. The molecule has 0 spiro atoms. The van der Waals surface area contributed by atoms with E-state index in [9.17, 15) is 0 Å². The molecule has 1 N–H and O–H groups in total. The van der Waals surface area contributed by atoms with Crippen molar-refractivity contribution < 1.29 is 0 Å². The Kier molecular flexibility index (Phi) is 5.03. The summed E-state index contributed by atoms with van der Waals surface area (Å²) in [6.45, 7) is 9.18. The lowest BCUT2D eigenvalue weighted by Crippen LogP contribution is -2.19. The van der Waals surface area contributed by atoms with Crippen molar-refractivity contribution in [3.05, 3.63) is 29.3 Å². The lowest BCUT2D eigenvalue weighted by Gasteiger charge is -2.18. The van der Waals surface area contributed by atoms with Gasteiger partial charge in [0.25, 0.3) is 0 Å². The maximum absolute atomic E-state index is 9.08. The van der Waals surface area contributed by atoms with E-state index >= 15 is 0 Å². The van der Waals surface area contributed by atoms with Crippen LogP contribution in [0.5, 0.6) is 0 Å². The van der Waals surface area contributed by atoms with E-state index in [4.69, 9.17) is 5.26 Å². The van der Waals surface area contributed by atoms with Crippen molar-refractivity contribution in [3.8, 4) is 6.07 Å². The predicted molar refractivity (Wildman–Crippen MR) is 73.0 cm³/mol. The normalized spacial score (nSPS) is 12.2. The summed E-state index contributed by atoms with van der Waals surface area (Å²) in [5.74, 6) is 0.459. The van der Waals surface area contributed by atoms with Gasteiger partial charge in [-0.2, -0.15) is 5.26 Å². The van der Waals surface area contributed by atoms with Crippen molar-refractivity contribution in [1.29, 1.82) is 5.26 Å². The minimum absolute atomic E-state index is 0.0688. The molecule has 92 valence electrons. The molecule has 0 saturated heterocycles. The summed E-state index contributed by atoms with van der Waals surface area (Å²) in [7, 11) is 0. The number of aryl methyl sites for hydroxylation is 2. The van der Waals surface area contributed by atoms with Crippen LogP contribution in [-0.2, 0) is 6.42 Å². The lowest BCUT2D eigenvalue weighted by molar-refractivity contribution is 0.496. The average molecular weight is 230 g/mol. The Hall–Kier alpha value is -1.49. The van der Waals surface area contributed by atoms with E-state index in [0.717, 1.165) is 13.0 Å². The van der Waals surface area contributed by atoms with Crippen molar-refractivity contribution in [2.45, 2.75) is 34.1 Å². The van der Waals surface area contributed by atoms with Gasteiger partial charge in [-0.05, 0) is 30.4 Å². The van der Waals surface area contributed by atoms with Crippen molar-refractivity contribution >= 4 is 5.69 Å². The quantitative estimate of drug-likeness (QED) is 0.836. The molecule has 17 heavy (non-hydrogen) atoms. The smallest absolute Gasteiger partial charge is 0.0677 e. The molecule has 1 unspecified atom stereocenters. The summed E-state index contributed by atoms with van der Waals surface area (Å²) >= 11 is 0. The Morgan fingerprint density at radius 1 is 1.35 bits per heavy atom. The summed E-state index contributed by atoms with van der Waals surface area (Å²) < 4.78 is 0. The molecule has 0 aliphatic carbocycles. The summed E-state index contributed by atoms with van der Waals surface area (Å²) in [5, 5.41) is 12.5. The number of nitrogens with one attached hydrogen (secondary N) is 1. The van der Waals surface area contributed by atoms with Crippen LogP contribution in [0.3, 0.4) is 0 Å². The highest BCUT2D eigenvalue weighted by Gasteiger charge is 2.13. The molecule has 0 heterocycles. The Morgan fingerprint density at radius 2 is 2.06 bits per heavy atom. The van der Waals surface area contributed by atoms with Crippen molar-refractivity contribution in [2.75, 3.05) is 11.9 Å². The number of hydrogen-bond donors (Lipinski definition) is 1. The molecule has 2 heteroatoms. The number of nitrogens with zero attached hydrogens (tertiary/aromatic N) is 1. The van der Waals surface area contributed by atoms with Gasteiger partial charge in [0.15, 0.2) is 0 Å². The van der Waals surface area contributed by atoms with E-state index in [0.29, 0.717) is 5.92 Å². The lowest BCUT2D eigenvalue weighted by atomic mass is 9.97. The zero-order valence-corrected chi connectivity index (χ0v) is 11.2. The van der Waals surface area contributed by atoms with E-state index in [1.54, 1.807) is 0 Å². The van der Waals surface area contributed by atoms with E-state index < -0.39 is 0 Å². The van der Waals surface area contributed by atoms with Gasteiger partial charge in [0.05, 0.1) is 12.0 Å². The van der Waals surface area contributed by atoms with E-state index in [-0.39, 0.29) is 5.92 Å². The maximum Gasteiger partial charge on any atom is 0.0677 e. The Balaban J connectivity index is 2.78. The third-order valence-electron chi connectivity index (χ3n) is 3.21. The first kappa shape index (κ1) is 13.6. The predicted octanol–water partition coefficient (Wildman–Crippen LogP) is 3.77. The summed E-state index contributed by atoms with van der Waals surface area (Å²) in [6, 6.07) is 8.71. The van der Waals surface area contributed by atoms with E-state index in [2.05, 4.69) is 57.3 Å². The monoisotopic (exact) mass is 230 g/mol. The van der Waals surface area contributed by atoms with Crippen molar-refractivity contribution in [2.24, 2.45) is 11.8 Å². The molecule has 0 aromatic heterocycles. The third kappa shape index (κ3) is 3.49. The minimum Gasteiger partial charge on any atom is -0.383 e. The van der Waals surface area contributed by atoms with E-state index in [1.807, 2.05) is 0 Å². The van der Waals surface area contributed by atoms with Crippen LogP contribution < -0.4 is 5.32 Å². The first-order valence-corrected chi connectivity index (χ1v) is 6.32. The largest absolute Gasteiger partial charge is 0.383 e. The molecule has 0 fully saturated rings. The summed E-state index contributed by atoms with van der Waals surface area (Å²) in [5.41, 5.74) is 3.78. The molecule has 0 radical (unpaired) electrons. The Bertz CT molecular complexity index is 402. The van der Waals surface area contributed by atoms with Gasteiger partial charge in [-0.1, -0.05) is 39.0 Å². The van der Waals surface area contributed by atoms with Crippen LogP contribution in [0.15, 0.2) is 18.2 Å². The highest BCUT2D eigenvalue weighted by molar-refractivity contribution is 5.57. The van der Waals surface area contributed by atoms with Gasteiger partial charge in [0.1, 0.15) is 0 Å².